The second kappa shape index (κ2) is 12.5. The van der Waals surface area contributed by atoms with E-state index < -0.39 is 12.1 Å². The van der Waals surface area contributed by atoms with Crippen LogP contribution in [0.1, 0.15) is 60.3 Å². The van der Waals surface area contributed by atoms with Crippen LogP contribution in [0.25, 0.3) is 0 Å². The van der Waals surface area contributed by atoms with Crippen LogP contribution in [0.15, 0.2) is 127 Å². The van der Waals surface area contributed by atoms with Gasteiger partial charge in [0.25, 0.3) is 0 Å². The molecule has 1 N–H and O–H groups in total. The van der Waals surface area contributed by atoms with E-state index in [1.165, 1.54) is 0 Å². The highest BCUT2D eigenvalue weighted by atomic mass is 16.7. The Labute approximate surface area is 257 Å². The van der Waals surface area contributed by atoms with Crippen molar-refractivity contribution in [3.8, 4) is 23.0 Å². The van der Waals surface area contributed by atoms with Crippen LogP contribution in [0, 0.1) is 0 Å². The maximum atomic E-state index is 12.5. The van der Waals surface area contributed by atoms with E-state index in [1.54, 1.807) is 72.8 Å². The number of aromatic hydroxyl groups is 1. The van der Waals surface area contributed by atoms with Gasteiger partial charge in [0.15, 0.2) is 0 Å². The largest absolute Gasteiger partial charge is 0.519 e. The smallest absolute Gasteiger partial charge is 0.508 e. The van der Waals surface area contributed by atoms with E-state index in [0.717, 1.165) is 22.3 Å². The number of carbonyl (C=O) groups is 2. The third-order valence-electron chi connectivity index (χ3n) is 7.94. The molecule has 0 fully saturated rings. The lowest BCUT2D eigenvalue weighted by Gasteiger charge is -2.26. The molecule has 0 spiro atoms. The fourth-order valence-electron chi connectivity index (χ4n) is 4.98. The van der Waals surface area contributed by atoms with E-state index in [2.05, 4.69) is 27.7 Å². The van der Waals surface area contributed by atoms with E-state index in [4.69, 9.17) is 14.2 Å². The molecular weight excluding hydrogens is 552 g/mol. The van der Waals surface area contributed by atoms with Crippen LogP contribution in [-0.4, -0.2) is 17.2 Å². The van der Waals surface area contributed by atoms with Crippen LogP contribution in [0.5, 0.6) is 23.0 Å². The van der Waals surface area contributed by atoms with Gasteiger partial charge in [-0.3, -0.25) is 0 Å². The lowest BCUT2D eigenvalue weighted by molar-refractivity contribution is 0.0734. The zero-order valence-electron chi connectivity index (χ0n) is 25.1. The number of phenolic OH excluding ortho intramolecular Hbond substituents is 1. The van der Waals surface area contributed by atoms with E-state index in [-0.39, 0.29) is 16.6 Å². The van der Waals surface area contributed by atoms with Gasteiger partial charge in [-0.1, -0.05) is 94.4 Å². The quantitative estimate of drug-likeness (QED) is 0.111. The Morgan fingerprint density at radius 2 is 0.818 bits per heavy atom. The summed E-state index contributed by atoms with van der Waals surface area (Å²) in [6, 6.07) is 38.0. The van der Waals surface area contributed by atoms with E-state index in [1.807, 2.05) is 54.6 Å². The fraction of sp³-hybridized carbons (Fsp3) is 0.158. The van der Waals surface area contributed by atoms with Crippen molar-refractivity contribution < 1.29 is 28.9 Å². The van der Waals surface area contributed by atoms with Gasteiger partial charge in [-0.15, -0.1) is 0 Å². The van der Waals surface area contributed by atoms with Gasteiger partial charge < -0.3 is 19.3 Å². The third-order valence-corrected chi connectivity index (χ3v) is 7.94. The van der Waals surface area contributed by atoms with Crippen molar-refractivity contribution in [1.29, 1.82) is 0 Å². The maximum absolute atomic E-state index is 12.5. The van der Waals surface area contributed by atoms with Crippen molar-refractivity contribution in [3.63, 3.8) is 0 Å². The average molecular weight is 587 g/mol. The van der Waals surface area contributed by atoms with Crippen molar-refractivity contribution in [1.82, 2.24) is 0 Å². The molecule has 0 amide bonds. The fourth-order valence-corrected chi connectivity index (χ4v) is 4.98. The first-order chi connectivity index (χ1) is 21.0. The Morgan fingerprint density at radius 1 is 0.477 bits per heavy atom. The summed E-state index contributed by atoms with van der Waals surface area (Å²) in [6.07, 6.45) is -0.830. The number of ether oxygens (including phenoxy) is 3. The summed E-state index contributed by atoms with van der Waals surface area (Å²) in [5.41, 5.74) is 3.95. The molecule has 0 saturated heterocycles. The molecule has 0 aliphatic rings. The Bertz CT molecular complexity index is 1720. The highest BCUT2D eigenvalue weighted by Gasteiger charge is 2.25. The topological polar surface area (TPSA) is 82.1 Å². The summed E-state index contributed by atoms with van der Waals surface area (Å²) in [5.74, 6) is 1.02. The first kappa shape index (κ1) is 30.1. The molecule has 0 aromatic heterocycles. The molecule has 5 aromatic carbocycles. The molecule has 0 aliphatic carbocycles. The Kier molecular flexibility index (Phi) is 8.54. The van der Waals surface area contributed by atoms with Gasteiger partial charge in [0.2, 0.25) is 0 Å². The van der Waals surface area contributed by atoms with Crippen molar-refractivity contribution in [2.24, 2.45) is 0 Å². The van der Waals surface area contributed by atoms with E-state index in [0.29, 0.717) is 22.8 Å². The Hall–Kier alpha value is -5.36. The molecule has 6 heteroatoms. The van der Waals surface area contributed by atoms with Gasteiger partial charge in [0.05, 0.1) is 5.56 Å². The number of hydrogen-bond acceptors (Lipinski definition) is 6. The zero-order chi connectivity index (χ0) is 31.3. The first-order valence-electron chi connectivity index (χ1n) is 14.3. The predicted octanol–water partition coefficient (Wildman–Crippen LogP) is 8.84. The molecule has 222 valence electrons. The second-order valence-corrected chi connectivity index (χ2v) is 11.6. The molecule has 5 rings (SSSR count). The number of benzene rings is 5. The molecule has 6 nitrogen and oxygen atoms in total. The summed E-state index contributed by atoms with van der Waals surface area (Å²) in [6.45, 7) is 8.37. The standard InChI is InChI=1S/C38H34O6/c1-37(2,27-10-18-31(39)19-11-27)29-14-22-33(23-15-29)43-36(41)44-34-24-16-30(17-25-34)38(3,4)28-12-20-32(21-13-28)42-35(40)26-8-6-5-7-9-26/h5-25,39H,1-4H3. The summed E-state index contributed by atoms with van der Waals surface area (Å²) in [5, 5.41) is 9.60. The van der Waals surface area contributed by atoms with E-state index >= 15 is 0 Å². The van der Waals surface area contributed by atoms with Crippen molar-refractivity contribution in [2.75, 3.05) is 0 Å². The van der Waals surface area contributed by atoms with Gasteiger partial charge in [0.1, 0.15) is 23.0 Å². The number of carbonyl (C=O) groups excluding carboxylic acids is 2. The van der Waals surface area contributed by atoms with Crippen LogP contribution in [0.2, 0.25) is 0 Å². The molecule has 0 aliphatic heterocycles. The SMILES string of the molecule is CC(C)(c1ccc(O)cc1)c1ccc(OC(=O)Oc2ccc(C(C)(C)c3ccc(OC(=O)c4ccccc4)cc3)cc2)cc1. The monoisotopic (exact) mass is 586 g/mol. The minimum Gasteiger partial charge on any atom is -0.508 e. The van der Waals surface area contributed by atoms with Crippen molar-refractivity contribution >= 4 is 12.1 Å². The summed E-state index contributed by atoms with van der Waals surface area (Å²) < 4.78 is 16.3. The molecule has 0 unspecified atom stereocenters. The van der Waals surface area contributed by atoms with Crippen LogP contribution in [0.3, 0.4) is 0 Å². The van der Waals surface area contributed by atoms with Gasteiger partial charge in [-0.25, -0.2) is 9.59 Å². The molecule has 0 saturated carbocycles. The summed E-state index contributed by atoms with van der Waals surface area (Å²) in [4.78, 5) is 24.9. The van der Waals surface area contributed by atoms with Gasteiger partial charge in [-0.2, -0.15) is 0 Å². The maximum Gasteiger partial charge on any atom is 0.519 e. The zero-order valence-corrected chi connectivity index (χ0v) is 25.1. The minimum absolute atomic E-state index is 0.223. The van der Waals surface area contributed by atoms with Gasteiger partial charge >= 0.3 is 12.1 Å². The lowest BCUT2D eigenvalue weighted by atomic mass is 9.78. The van der Waals surface area contributed by atoms with Gasteiger partial charge in [-0.05, 0) is 82.9 Å². The van der Waals surface area contributed by atoms with Crippen LogP contribution in [0.4, 0.5) is 4.79 Å². The van der Waals surface area contributed by atoms with Crippen LogP contribution in [-0.2, 0) is 10.8 Å². The molecule has 0 bridgehead atoms. The number of phenols is 1. The minimum atomic E-state index is -0.830. The van der Waals surface area contributed by atoms with Gasteiger partial charge in [0, 0.05) is 10.8 Å². The molecule has 0 radical (unpaired) electrons. The molecular formula is C38H34O6. The Balaban J connectivity index is 1.18. The van der Waals surface area contributed by atoms with Crippen molar-refractivity contribution in [3.05, 3.63) is 155 Å². The second-order valence-electron chi connectivity index (χ2n) is 11.6. The molecule has 5 aromatic rings. The number of esters is 1. The first-order valence-corrected chi connectivity index (χ1v) is 14.3. The van der Waals surface area contributed by atoms with Crippen molar-refractivity contribution in [2.45, 2.75) is 38.5 Å². The van der Waals surface area contributed by atoms with Crippen LogP contribution < -0.4 is 14.2 Å². The molecule has 0 atom stereocenters. The highest BCUT2D eigenvalue weighted by molar-refractivity contribution is 5.90. The summed E-state index contributed by atoms with van der Waals surface area (Å²) >= 11 is 0. The molecule has 0 heterocycles. The molecule has 44 heavy (non-hydrogen) atoms. The third kappa shape index (κ3) is 6.81. The number of rotatable bonds is 8. The average Bonchev–Trinajstić information content (AvgIpc) is 3.02. The lowest BCUT2D eigenvalue weighted by Crippen LogP contribution is -2.19. The van der Waals surface area contributed by atoms with E-state index in [9.17, 15) is 14.7 Å². The highest BCUT2D eigenvalue weighted by Crippen LogP contribution is 2.35. The Morgan fingerprint density at radius 3 is 1.20 bits per heavy atom. The predicted molar refractivity (Wildman–Crippen MR) is 170 cm³/mol. The normalized spacial score (nSPS) is 11.5. The van der Waals surface area contributed by atoms with Crippen LogP contribution >= 0.6 is 0 Å². The summed E-state index contributed by atoms with van der Waals surface area (Å²) in [7, 11) is 0. The number of hydrogen-bond donors (Lipinski definition) is 1.